The van der Waals surface area contributed by atoms with Crippen molar-refractivity contribution in [2.45, 2.75) is 59.8 Å². The maximum atomic E-state index is 15.2. The number of hydrogen-bond acceptors (Lipinski definition) is 3. The van der Waals surface area contributed by atoms with Gasteiger partial charge >= 0.3 is 7.44 Å². The minimum absolute atomic E-state index is 0.0897. The molecule has 0 amide bonds. The number of likely N-dealkylation sites (tertiary alicyclic amines) is 1. The average Bonchev–Trinajstić information content (AvgIpc) is 3.07. The fraction of sp³-hybridized carbons (Fsp3) is 0.444. The van der Waals surface area contributed by atoms with Gasteiger partial charge in [0.05, 0.1) is 16.7 Å². The first kappa shape index (κ1) is 22.3. The lowest BCUT2D eigenvalue weighted by Crippen LogP contribution is -2.36. The first-order chi connectivity index (χ1) is 15.8. The molecule has 2 aliphatic heterocycles. The van der Waals surface area contributed by atoms with Crippen molar-refractivity contribution in [2.24, 2.45) is 10.5 Å². The fourth-order valence-electron chi connectivity index (χ4n) is 5.42. The molecule has 2 aromatic carbocycles. The van der Waals surface area contributed by atoms with E-state index in [0.29, 0.717) is 0 Å². The molecular formula is C27H35N4OP. The molecule has 1 saturated heterocycles. The number of para-hydroxylation sites is 1. The highest BCUT2D eigenvalue weighted by Crippen LogP contribution is 2.66. The molecule has 1 atom stereocenters. The lowest BCUT2D eigenvalue weighted by atomic mass is 9.78. The molecule has 1 N–H and O–H groups in total. The molecule has 33 heavy (non-hydrogen) atoms. The van der Waals surface area contributed by atoms with E-state index in [1.165, 1.54) is 30.5 Å². The van der Waals surface area contributed by atoms with Crippen molar-refractivity contribution < 1.29 is 4.57 Å². The third-order valence-electron chi connectivity index (χ3n) is 7.00. The Balaban J connectivity index is 1.69. The lowest BCUT2D eigenvalue weighted by molar-refractivity contribution is 0.240. The maximum Gasteiger partial charge on any atom is 0.313 e. The van der Waals surface area contributed by atoms with E-state index in [-0.39, 0.29) is 5.41 Å². The molecule has 1 aliphatic carbocycles. The molecule has 2 heterocycles. The molecule has 174 valence electrons. The van der Waals surface area contributed by atoms with E-state index in [9.17, 15) is 0 Å². The summed E-state index contributed by atoms with van der Waals surface area (Å²) in [6, 6.07) is 16.3. The van der Waals surface area contributed by atoms with Gasteiger partial charge in [0, 0.05) is 24.5 Å². The van der Waals surface area contributed by atoms with E-state index < -0.39 is 7.44 Å². The molecule has 2 aromatic rings. The van der Waals surface area contributed by atoms with Crippen LogP contribution in [0.15, 0.2) is 64.6 Å². The van der Waals surface area contributed by atoms with Crippen LogP contribution in [0, 0.1) is 19.3 Å². The standard InChI is InChI=1S/C27H35N4OP/c1-20-13-14-23(21(2)17-20)29-33(32)26-24(28-31(33)22-11-7-5-8-12-22)18-27(3,4)19-25(26)30-15-9-6-10-16-30/h5,7-8,11-14,17H,6,9-10,15-16,18-19H2,1-4H3,(H,29,32). The molecule has 1 unspecified atom stereocenters. The number of rotatable bonds is 4. The number of hydrazone groups is 1. The van der Waals surface area contributed by atoms with E-state index >= 15 is 4.57 Å². The van der Waals surface area contributed by atoms with Gasteiger partial charge in [0.25, 0.3) is 0 Å². The van der Waals surface area contributed by atoms with Crippen LogP contribution in [0.2, 0.25) is 0 Å². The Kier molecular flexibility index (Phi) is 5.64. The zero-order chi connectivity index (χ0) is 23.2. The summed E-state index contributed by atoms with van der Waals surface area (Å²) in [6.07, 6.45) is 5.43. The van der Waals surface area contributed by atoms with E-state index in [0.717, 1.165) is 53.9 Å². The number of piperidine rings is 1. The number of aryl methyl sites for hydroxylation is 2. The Morgan fingerprint density at radius 3 is 2.39 bits per heavy atom. The van der Waals surface area contributed by atoms with Crippen molar-refractivity contribution in [3.63, 3.8) is 0 Å². The monoisotopic (exact) mass is 462 g/mol. The Morgan fingerprint density at radius 2 is 1.70 bits per heavy atom. The van der Waals surface area contributed by atoms with Crippen LogP contribution in [0.4, 0.5) is 11.4 Å². The third-order valence-corrected chi connectivity index (χ3v) is 9.52. The van der Waals surface area contributed by atoms with Crippen molar-refractivity contribution in [3.8, 4) is 0 Å². The fourth-order valence-corrected chi connectivity index (χ4v) is 8.13. The van der Waals surface area contributed by atoms with Crippen LogP contribution >= 0.6 is 7.44 Å². The molecule has 0 spiro atoms. The summed E-state index contributed by atoms with van der Waals surface area (Å²) in [5.41, 5.74) is 6.39. The number of hydrogen-bond donors (Lipinski definition) is 1. The summed E-state index contributed by atoms with van der Waals surface area (Å²) in [7, 11) is -3.26. The number of benzene rings is 2. The van der Waals surface area contributed by atoms with Gasteiger partial charge in [-0.05, 0) is 75.1 Å². The van der Waals surface area contributed by atoms with Crippen LogP contribution in [0.1, 0.15) is 57.1 Å². The van der Waals surface area contributed by atoms with Gasteiger partial charge in [-0.15, -0.1) is 0 Å². The number of nitrogens with zero attached hydrogens (tertiary/aromatic N) is 3. The van der Waals surface area contributed by atoms with Gasteiger partial charge in [0.2, 0.25) is 0 Å². The van der Waals surface area contributed by atoms with Crippen LogP contribution in [-0.2, 0) is 4.57 Å². The summed E-state index contributed by atoms with van der Waals surface area (Å²) in [5.74, 6) is 0. The number of anilines is 2. The average molecular weight is 463 g/mol. The van der Waals surface area contributed by atoms with Crippen molar-refractivity contribution in [2.75, 3.05) is 23.0 Å². The summed E-state index contributed by atoms with van der Waals surface area (Å²) in [6.45, 7) is 10.9. The molecule has 0 radical (unpaired) electrons. The third kappa shape index (κ3) is 4.12. The van der Waals surface area contributed by atoms with Gasteiger partial charge < -0.3 is 9.99 Å². The van der Waals surface area contributed by atoms with E-state index in [2.05, 4.69) is 55.9 Å². The highest BCUT2D eigenvalue weighted by Gasteiger charge is 2.50. The van der Waals surface area contributed by atoms with Gasteiger partial charge in [-0.25, -0.2) is 0 Å². The molecule has 3 aliphatic rings. The second-order valence-corrected chi connectivity index (χ2v) is 12.7. The van der Waals surface area contributed by atoms with Crippen LogP contribution in [0.5, 0.6) is 0 Å². The summed E-state index contributed by atoms with van der Waals surface area (Å²) >= 11 is 0. The molecule has 6 heteroatoms. The first-order valence-electron chi connectivity index (χ1n) is 12.1. The second-order valence-electron chi connectivity index (χ2n) is 10.5. The van der Waals surface area contributed by atoms with E-state index in [1.807, 2.05) is 30.3 Å². The highest BCUT2D eigenvalue weighted by molar-refractivity contribution is 7.73. The van der Waals surface area contributed by atoms with Crippen molar-refractivity contribution in [1.29, 1.82) is 0 Å². The van der Waals surface area contributed by atoms with Crippen molar-refractivity contribution in [1.82, 2.24) is 4.90 Å². The summed E-state index contributed by atoms with van der Waals surface area (Å²) < 4.78 is 17.0. The largest absolute Gasteiger partial charge is 0.374 e. The van der Waals surface area contributed by atoms with Gasteiger partial charge in [-0.1, -0.05) is 49.7 Å². The molecule has 5 nitrogen and oxygen atoms in total. The van der Waals surface area contributed by atoms with Gasteiger partial charge in [-0.2, -0.15) is 9.88 Å². The summed E-state index contributed by atoms with van der Waals surface area (Å²) in [4.78, 5) is 2.50. The molecule has 0 aromatic heterocycles. The second kappa shape index (κ2) is 8.36. The smallest absolute Gasteiger partial charge is 0.313 e. The van der Waals surface area contributed by atoms with Crippen LogP contribution < -0.4 is 9.87 Å². The molecule has 0 saturated carbocycles. The van der Waals surface area contributed by atoms with Gasteiger partial charge in [-0.3, -0.25) is 4.57 Å². The first-order valence-corrected chi connectivity index (χ1v) is 13.8. The minimum Gasteiger partial charge on any atom is -0.374 e. The van der Waals surface area contributed by atoms with Crippen LogP contribution in [0.3, 0.4) is 0 Å². The number of nitrogens with one attached hydrogen (secondary N) is 1. The molecular weight excluding hydrogens is 427 g/mol. The van der Waals surface area contributed by atoms with Gasteiger partial charge in [0.1, 0.15) is 0 Å². The Bertz CT molecular complexity index is 1160. The number of fused-ring (bicyclic) bond motifs is 1. The van der Waals surface area contributed by atoms with Crippen LogP contribution in [0.25, 0.3) is 0 Å². The number of allylic oxidation sites excluding steroid dienone is 2. The maximum absolute atomic E-state index is 15.2. The normalized spacial score (nSPS) is 24.5. The lowest BCUT2D eigenvalue weighted by Gasteiger charge is -2.41. The minimum atomic E-state index is -3.26. The molecule has 1 fully saturated rings. The molecule has 0 bridgehead atoms. The van der Waals surface area contributed by atoms with Gasteiger partial charge in [0.15, 0.2) is 0 Å². The van der Waals surface area contributed by atoms with Crippen LogP contribution in [-0.4, -0.2) is 23.7 Å². The zero-order valence-corrected chi connectivity index (χ0v) is 21.2. The zero-order valence-electron chi connectivity index (χ0n) is 20.3. The Morgan fingerprint density at radius 1 is 0.970 bits per heavy atom. The quantitative estimate of drug-likeness (QED) is 0.484. The molecule has 5 rings (SSSR count). The van der Waals surface area contributed by atoms with E-state index in [1.54, 1.807) is 4.78 Å². The topological polar surface area (TPSA) is 47.9 Å². The predicted molar refractivity (Wildman–Crippen MR) is 139 cm³/mol. The van der Waals surface area contributed by atoms with Crippen molar-refractivity contribution in [3.05, 3.63) is 70.7 Å². The highest BCUT2D eigenvalue weighted by atomic mass is 31.2. The summed E-state index contributed by atoms with van der Waals surface area (Å²) in [5, 5.41) is 9.55. The SMILES string of the molecule is Cc1ccc(NP2(=O)C3=C(N4CCCCC4)CC(C)(C)CC3=NN2c2ccccc2)c(C)c1. The Hall–Kier alpha value is -2.52. The Labute approximate surface area is 198 Å². The van der Waals surface area contributed by atoms with Crippen molar-refractivity contribution >= 4 is 24.5 Å². The van der Waals surface area contributed by atoms with E-state index in [4.69, 9.17) is 5.10 Å². The predicted octanol–water partition coefficient (Wildman–Crippen LogP) is 7.30.